The highest BCUT2D eigenvalue weighted by molar-refractivity contribution is 5.88. The minimum absolute atomic E-state index is 0.105. The number of anilines is 4. The zero-order valence-corrected chi connectivity index (χ0v) is 26.7. The summed E-state index contributed by atoms with van der Waals surface area (Å²) in [5.74, 6) is 3.14. The summed E-state index contributed by atoms with van der Waals surface area (Å²) >= 11 is 0. The van der Waals surface area contributed by atoms with Crippen molar-refractivity contribution < 1.29 is 23.7 Å². The first-order chi connectivity index (χ1) is 21.8. The van der Waals surface area contributed by atoms with Crippen molar-refractivity contribution in [3.8, 4) is 23.0 Å². The molecule has 236 valence electrons. The second kappa shape index (κ2) is 14.2. The maximum Gasteiger partial charge on any atom is 0.421 e. The van der Waals surface area contributed by atoms with E-state index in [4.69, 9.17) is 23.9 Å². The van der Waals surface area contributed by atoms with Crippen molar-refractivity contribution in [1.29, 1.82) is 0 Å². The fraction of sp³-hybridized carbons (Fsp3) is 0.324. The monoisotopic (exact) mass is 612 g/mol. The van der Waals surface area contributed by atoms with Gasteiger partial charge in [0.05, 0.1) is 33.6 Å². The third-order valence-corrected chi connectivity index (χ3v) is 7.83. The molecule has 1 aliphatic heterocycles. The fourth-order valence-electron chi connectivity index (χ4n) is 5.27. The van der Waals surface area contributed by atoms with Crippen molar-refractivity contribution in [2.45, 2.75) is 20.4 Å². The van der Waals surface area contributed by atoms with Gasteiger partial charge in [-0.1, -0.05) is 18.2 Å². The van der Waals surface area contributed by atoms with Crippen molar-refractivity contribution in [2.24, 2.45) is 0 Å². The number of likely N-dealkylation sites (N-methyl/N-ethyl adjacent to an activating group) is 1. The second-order valence-corrected chi connectivity index (χ2v) is 10.9. The molecule has 0 spiro atoms. The number of para-hydroxylation sites is 1. The molecule has 3 aromatic carbocycles. The smallest absolute Gasteiger partial charge is 0.421 e. The average molecular weight is 613 g/mol. The van der Waals surface area contributed by atoms with Crippen LogP contribution in [0.15, 0.2) is 66.9 Å². The number of aromatic nitrogens is 2. The Bertz CT molecular complexity index is 1620. The van der Waals surface area contributed by atoms with Gasteiger partial charge >= 0.3 is 6.09 Å². The van der Waals surface area contributed by atoms with Crippen molar-refractivity contribution >= 4 is 29.2 Å². The minimum Gasteiger partial charge on any atom is -0.497 e. The van der Waals surface area contributed by atoms with E-state index in [1.54, 1.807) is 45.7 Å². The van der Waals surface area contributed by atoms with Gasteiger partial charge in [-0.15, -0.1) is 0 Å². The summed E-state index contributed by atoms with van der Waals surface area (Å²) < 4.78 is 22.8. The SMILES string of the molecule is COc1ccc(OC)c(CN(C(=O)Oc2c(C)cccc2C)c2ccnc(Nc3ccc(N4CCN(C)CC4)c(OC)c3)n2)c1. The highest BCUT2D eigenvalue weighted by Gasteiger charge is 2.24. The molecule has 11 nitrogen and oxygen atoms in total. The highest BCUT2D eigenvalue weighted by atomic mass is 16.6. The summed E-state index contributed by atoms with van der Waals surface area (Å²) in [6.45, 7) is 7.76. The Morgan fingerprint density at radius 2 is 1.62 bits per heavy atom. The number of piperazine rings is 1. The van der Waals surface area contributed by atoms with Crippen LogP contribution in [0, 0.1) is 13.8 Å². The lowest BCUT2D eigenvalue weighted by Gasteiger charge is -2.34. The molecule has 1 fully saturated rings. The van der Waals surface area contributed by atoms with Crippen LogP contribution in [0.5, 0.6) is 23.0 Å². The molecule has 0 radical (unpaired) electrons. The first kappa shape index (κ1) is 31.4. The molecule has 2 heterocycles. The van der Waals surface area contributed by atoms with Crippen molar-refractivity contribution in [1.82, 2.24) is 14.9 Å². The molecule has 1 N–H and O–H groups in total. The number of aryl methyl sites for hydroxylation is 2. The third kappa shape index (κ3) is 7.38. The van der Waals surface area contributed by atoms with Gasteiger partial charge in [0.1, 0.15) is 28.8 Å². The lowest BCUT2D eigenvalue weighted by Crippen LogP contribution is -2.44. The van der Waals surface area contributed by atoms with E-state index in [1.165, 1.54) is 4.90 Å². The van der Waals surface area contributed by atoms with Crippen LogP contribution >= 0.6 is 0 Å². The average Bonchev–Trinajstić information content (AvgIpc) is 3.05. The quantitative estimate of drug-likeness (QED) is 0.236. The molecule has 45 heavy (non-hydrogen) atoms. The highest BCUT2D eigenvalue weighted by Crippen LogP contribution is 2.33. The van der Waals surface area contributed by atoms with Crippen molar-refractivity contribution in [3.63, 3.8) is 0 Å². The summed E-state index contributed by atoms with van der Waals surface area (Å²) in [4.78, 5) is 29.1. The molecule has 0 unspecified atom stereocenters. The predicted octanol–water partition coefficient (Wildman–Crippen LogP) is 5.82. The number of benzene rings is 3. The molecule has 1 saturated heterocycles. The van der Waals surface area contributed by atoms with E-state index in [0.29, 0.717) is 34.6 Å². The van der Waals surface area contributed by atoms with Crippen LogP contribution in [0.1, 0.15) is 16.7 Å². The third-order valence-electron chi connectivity index (χ3n) is 7.83. The molecule has 1 aromatic heterocycles. The van der Waals surface area contributed by atoms with Gasteiger partial charge in [-0.25, -0.2) is 9.78 Å². The van der Waals surface area contributed by atoms with Gasteiger partial charge in [0.2, 0.25) is 5.95 Å². The Labute approximate surface area is 264 Å². The number of nitrogens with zero attached hydrogens (tertiary/aromatic N) is 5. The van der Waals surface area contributed by atoms with Gasteiger partial charge in [-0.2, -0.15) is 4.98 Å². The Morgan fingerprint density at radius 3 is 2.31 bits per heavy atom. The molecule has 1 aliphatic rings. The topological polar surface area (TPSA) is 102 Å². The Morgan fingerprint density at radius 1 is 0.889 bits per heavy atom. The lowest BCUT2D eigenvalue weighted by molar-refractivity contribution is 0.206. The van der Waals surface area contributed by atoms with Crippen LogP contribution in [-0.2, 0) is 6.54 Å². The second-order valence-electron chi connectivity index (χ2n) is 10.9. The Kier molecular flexibility index (Phi) is 9.89. The van der Waals surface area contributed by atoms with E-state index < -0.39 is 6.09 Å². The molecule has 11 heteroatoms. The number of hydrogen-bond donors (Lipinski definition) is 1. The van der Waals surface area contributed by atoms with E-state index in [0.717, 1.165) is 54.4 Å². The number of amides is 1. The van der Waals surface area contributed by atoms with Gasteiger partial charge in [-0.3, -0.25) is 4.90 Å². The van der Waals surface area contributed by atoms with Crippen LogP contribution in [0.25, 0.3) is 0 Å². The first-order valence-corrected chi connectivity index (χ1v) is 14.8. The maximum atomic E-state index is 13.9. The Balaban J connectivity index is 1.45. The number of hydrogen-bond acceptors (Lipinski definition) is 10. The minimum atomic E-state index is -0.597. The zero-order chi connectivity index (χ0) is 31.9. The molecule has 4 aromatic rings. The van der Waals surface area contributed by atoms with Crippen LogP contribution in [0.3, 0.4) is 0 Å². The largest absolute Gasteiger partial charge is 0.497 e. The van der Waals surface area contributed by atoms with Gasteiger partial charge in [-0.05, 0) is 68.4 Å². The van der Waals surface area contributed by atoms with E-state index in [9.17, 15) is 4.79 Å². The van der Waals surface area contributed by atoms with Crippen LogP contribution < -0.4 is 34.1 Å². The summed E-state index contributed by atoms with van der Waals surface area (Å²) in [5, 5.41) is 3.27. The number of carbonyl (C=O) groups excluding carboxylic acids is 1. The number of ether oxygens (including phenoxy) is 4. The molecule has 0 saturated carbocycles. The fourth-order valence-corrected chi connectivity index (χ4v) is 5.27. The maximum absolute atomic E-state index is 13.9. The first-order valence-electron chi connectivity index (χ1n) is 14.8. The molecule has 0 bridgehead atoms. The van der Waals surface area contributed by atoms with Crippen LogP contribution in [0.2, 0.25) is 0 Å². The number of methoxy groups -OCH3 is 3. The lowest BCUT2D eigenvalue weighted by atomic mass is 10.1. The van der Waals surface area contributed by atoms with Gasteiger partial charge in [0, 0.05) is 49.7 Å². The number of nitrogens with one attached hydrogen (secondary N) is 1. The molecular formula is C34H40N6O5. The van der Waals surface area contributed by atoms with E-state index in [-0.39, 0.29) is 6.54 Å². The summed E-state index contributed by atoms with van der Waals surface area (Å²) in [5.41, 5.74) is 4.20. The molecule has 0 atom stereocenters. The van der Waals surface area contributed by atoms with Crippen LogP contribution in [-0.4, -0.2) is 75.5 Å². The Hall–Kier alpha value is -5.03. The van der Waals surface area contributed by atoms with Crippen LogP contribution in [0.4, 0.5) is 27.9 Å². The van der Waals surface area contributed by atoms with E-state index in [1.807, 2.05) is 56.3 Å². The van der Waals surface area contributed by atoms with E-state index in [2.05, 4.69) is 27.1 Å². The molecule has 0 aliphatic carbocycles. The summed E-state index contributed by atoms with van der Waals surface area (Å²) in [6.07, 6.45) is 1.00. The van der Waals surface area contributed by atoms with Gasteiger partial charge in [0.25, 0.3) is 0 Å². The van der Waals surface area contributed by atoms with Gasteiger partial charge < -0.3 is 34.1 Å². The summed E-state index contributed by atoms with van der Waals surface area (Å²) in [7, 11) is 6.98. The number of carbonyl (C=O) groups is 1. The van der Waals surface area contributed by atoms with E-state index >= 15 is 0 Å². The normalized spacial score (nSPS) is 13.2. The van der Waals surface area contributed by atoms with Crippen molar-refractivity contribution in [3.05, 3.63) is 83.6 Å². The standard InChI is InChI=1S/C34H40N6O5/c1-23-8-7-9-24(2)32(23)45-34(41)40(22-25-20-27(42-4)11-13-29(25)43-5)31-14-15-35-33(37-31)36-26-10-12-28(30(21-26)44-6)39-18-16-38(3)17-19-39/h7-15,20-21H,16-19,22H2,1-6H3,(H,35,36,37). The predicted molar refractivity (Wildman–Crippen MR) is 176 cm³/mol. The molecular weight excluding hydrogens is 572 g/mol. The van der Waals surface area contributed by atoms with Crippen molar-refractivity contribution in [2.75, 3.05) is 69.7 Å². The zero-order valence-electron chi connectivity index (χ0n) is 26.7. The summed E-state index contributed by atoms with van der Waals surface area (Å²) in [6, 6.07) is 18.8. The molecule has 5 rings (SSSR count). The number of rotatable bonds is 10. The van der Waals surface area contributed by atoms with Gasteiger partial charge in [0.15, 0.2) is 0 Å². The molecule has 1 amide bonds.